The molecule has 6 rings (SSSR count). The predicted molar refractivity (Wildman–Crippen MR) is 136 cm³/mol. The second-order valence-electron chi connectivity index (χ2n) is 9.36. The molecule has 35 heavy (non-hydrogen) atoms. The van der Waals surface area contributed by atoms with Crippen molar-refractivity contribution in [2.45, 2.75) is 34.6 Å². The summed E-state index contributed by atoms with van der Waals surface area (Å²) in [6, 6.07) is 17.7. The highest BCUT2D eigenvalue weighted by molar-refractivity contribution is 6.62. The molecular formula is C28H27BN2O4. The number of rotatable bonds is 3. The minimum atomic E-state index is -2.09. The van der Waals surface area contributed by atoms with Crippen LogP contribution in [0.5, 0.6) is 11.5 Å². The van der Waals surface area contributed by atoms with Crippen LogP contribution in [0.1, 0.15) is 53.6 Å². The normalized spacial score (nSPS) is 17.0. The van der Waals surface area contributed by atoms with Gasteiger partial charge in [-0.25, -0.2) is 4.79 Å². The number of fused-ring (bicyclic) bond motifs is 5. The monoisotopic (exact) mass is 466 g/mol. The third-order valence-electron chi connectivity index (χ3n) is 7.06. The lowest BCUT2D eigenvalue weighted by Gasteiger charge is -2.39. The lowest BCUT2D eigenvalue weighted by atomic mass is 9.78. The van der Waals surface area contributed by atoms with E-state index in [4.69, 9.17) is 14.0 Å². The standard InChI is InChI=1S/C28H27BN2O4/c1-6-33-28(32)22-13-11-21(12-14-22)25-26-17(2)15-19(4)30(26)29(31-20(5)16-18(3)27(25)31)34-23-9-7-8-10-24(23)35-29/h7-16H,6H2,1-5H3. The molecule has 4 heterocycles. The van der Waals surface area contributed by atoms with E-state index in [0.29, 0.717) is 12.2 Å². The van der Waals surface area contributed by atoms with Crippen molar-refractivity contribution < 1.29 is 23.3 Å². The van der Waals surface area contributed by atoms with Gasteiger partial charge in [0.15, 0.2) is 5.70 Å². The van der Waals surface area contributed by atoms with Gasteiger partial charge < -0.3 is 23.0 Å². The molecule has 0 unspecified atom stereocenters. The lowest BCUT2D eigenvalue weighted by molar-refractivity contribution is -0.369. The zero-order valence-electron chi connectivity index (χ0n) is 20.6. The third-order valence-corrected chi connectivity index (χ3v) is 7.06. The second-order valence-corrected chi connectivity index (χ2v) is 9.36. The van der Waals surface area contributed by atoms with Crippen molar-refractivity contribution in [1.29, 1.82) is 0 Å². The molecule has 0 atom stereocenters. The molecule has 0 bridgehead atoms. The number of para-hydroxylation sites is 2. The Morgan fingerprint density at radius 3 is 2.29 bits per heavy atom. The van der Waals surface area contributed by atoms with Crippen LogP contribution < -0.4 is 9.31 Å². The second kappa shape index (κ2) is 7.50. The fourth-order valence-electron chi connectivity index (χ4n) is 5.81. The van der Waals surface area contributed by atoms with Crippen molar-refractivity contribution in [2.24, 2.45) is 0 Å². The number of aryl methyl sites for hydroxylation is 2. The molecule has 2 aromatic carbocycles. The van der Waals surface area contributed by atoms with E-state index in [0.717, 1.165) is 56.6 Å². The average molecular weight is 466 g/mol. The molecule has 1 spiro atoms. The highest BCUT2D eigenvalue weighted by Gasteiger charge is 2.62. The molecule has 1 aromatic heterocycles. The Balaban J connectivity index is 1.61. The van der Waals surface area contributed by atoms with Gasteiger partial charge in [-0.3, -0.25) is 0 Å². The quantitative estimate of drug-likeness (QED) is 0.391. The zero-order valence-corrected chi connectivity index (χ0v) is 20.6. The number of allylic oxidation sites excluding steroid dienone is 2. The van der Waals surface area contributed by atoms with E-state index < -0.39 is 6.82 Å². The van der Waals surface area contributed by atoms with Gasteiger partial charge >= 0.3 is 12.8 Å². The smallest absolute Gasteiger partial charge is 0.599 e. The molecule has 0 N–H and O–H groups in total. The average Bonchev–Trinajstić information content (AvgIpc) is 3.46. The minimum Gasteiger partial charge on any atom is -0.599 e. The Bertz CT molecular complexity index is 1480. The number of nitrogens with zero attached hydrogens (tertiary/aromatic N) is 2. The number of carbonyl (C=O) groups excluding carboxylic acids is 1. The fraction of sp³-hybridized carbons (Fsp3) is 0.214. The van der Waals surface area contributed by atoms with Gasteiger partial charge in [0.1, 0.15) is 17.2 Å². The molecule has 7 heteroatoms. The van der Waals surface area contributed by atoms with Crippen LogP contribution in [0.2, 0.25) is 0 Å². The first-order valence-electron chi connectivity index (χ1n) is 12.0. The summed E-state index contributed by atoms with van der Waals surface area (Å²) in [7, 11) is 0. The van der Waals surface area contributed by atoms with Crippen LogP contribution in [0.4, 0.5) is 0 Å². The number of ether oxygens (including phenoxy) is 1. The summed E-state index contributed by atoms with van der Waals surface area (Å²) >= 11 is 0. The van der Waals surface area contributed by atoms with Crippen molar-refractivity contribution in [3.63, 3.8) is 0 Å². The number of hydrogen-bond donors (Lipinski definition) is 0. The molecule has 0 fully saturated rings. The van der Waals surface area contributed by atoms with Gasteiger partial charge in [-0.2, -0.15) is 0 Å². The van der Waals surface area contributed by atoms with Gasteiger partial charge in [0.2, 0.25) is 0 Å². The Morgan fingerprint density at radius 1 is 1.00 bits per heavy atom. The van der Waals surface area contributed by atoms with Crippen LogP contribution in [-0.4, -0.2) is 34.1 Å². The molecule has 0 saturated carbocycles. The van der Waals surface area contributed by atoms with Gasteiger partial charge in [0, 0.05) is 24.3 Å². The number of benzene rings is 2. The van der Waals surface area contributed by atoms with E-state index in [1.807, 2.05) is 55.5 Å². The van der Waals surface area contributed by atoms with Crippen molar-refractivity contribution in [1.82, 2.24) is 4.48 Å². The summed E-state index contributed by atoms with van der Waals surface area (Å²) in [5.41, 5.74) is 9.17. The maximum Gasteiger partial charge on any atom is 0.780 e. The van der Waals surface area contributed by atoms with Crippen molar-refractivity contribution in [3.05, 3.63) is 100 Å². The van der Waals surface area contributed by atoms with Gasteiger partial charge in [0.25, 0.3) is 0 Å². The maximum absolute atomic E-state index is 12.3. The highest BCUT2D eigenvalue weighted by Crippen LogP contribution is 2.48. The molecule has 3 aliphatic heterocycles. The highest BCUT2D eigenvalue weighted by atomic mass is 16.7. The van der Waals surface area contributed by atoms with Crippen LogP contribution in [0, 0.1) is 13.8 Å². The van der Waals surface area contributed by atoms with E-state index >= 15 is 0 Å². The summed E-state index contributed by atoms with van der Waals surface area (Å²) in [4.78, 5) is 12.3. The van der Waals surface area contributed by atoms with E-state index in [2.05, 4.69) is 48.8 Å². The van der Waals surface area contributed by atoms with Crippen molar-refractivity contribution in [3.8, 4) is 11.5 Å². The van der Waals surface area contributed by atoms with Gasteiger partial charge in [-0.1, -0.05) is 24.3 Å². The molecule has 6 nitrogen and oxygen atoms in total. The van der Waals surface area contributed by atoms with Crippen LogP contribution in [0.25, 0.3) is 5.57 Å². The summed E-state index contributed by atoms with van der Waals surface area (Å²) in [5.74, 6) is 1.16. The maximum atomic E-state index is 12.3. The molecule has 0 aliphatic carbocycles. The van der Waals surface area contributed by atoms with Gasteiger partial charge in [-0.15, -0.1) is 0 Å². The summed E-state index contributed by atoms with van der Waals surface area (Å²) in [5, 5.41) is 0. The van der Waals surface area contributed by atoms with E-state index in [-0.39, 0.29) is 5.97 Å². The van der Waals surface area contributed by atoms with Gasteiger partial charge in [-0.05, 0) is 74.8 Å². The first-order valence-corrected chi connectivity index (χ1v) is 12.0. The van der Waals surface area contributed by atoms with E-state index in [9.17, 15) is 4.79 Å². The summed E-state index contributed by atoms with van der Waals surface area (Å²) in [6.45, 7) is 8.50. The first kappa shape index (κ1) is 21.5. The number of esters is 1. The molecule has 0 radical (unpaired) electrons. The van der Waals surface area contributed by atoms with Crippen LogP contribution in [0.15, 0.2) is 71.9 Å². The summed E-state index contributed by atoms with van der Waals surface area (Å²) < 4.78 is 23.1. The van der Waals surface area contributed by atoms with E-state index in [1.54, 1.807) is 0 Å². The Morgan fingerprint density at radius 2 is 1.66 bits per heavy atom. The SMILES string of the molecule is CCOC(=O)c1ccc(C2=C3C(C)=CC(C)=[N+]3[B-]3(Oc4ccccc4O3)n3c(C)cc(C)c32)cc1. The van der Waals surface area contributed by atoms with Crippen LogP contribution >= 0.6 is 0 Å². The molecular weight excluding hydrogens is 439 g/mol. The number of carbonyl (C=O) groups is 1. The largest absolute Gasteiger partial charge is 0.780 e. The number of aromatic nitrogens is 1. The molecule has 176 valence electrons. The fourth-order valence-corrected chi connectivity index (χ4v) is 5.81. The van der Waals surface area contributed by atoms with Crippen molar-refractivity contribution in [2.75, 3.05) is 6.61 Å². The first-order chi connectivity index (χ1) is 16.9. The van der Waals surface area contributed by atoms with Crippen LogP contribution in [-0.2, 0) is 4.74 Å². The number of hydrogen-bond acceptors (Lipinski definition) is 4. The van der Waals surface area contributed by atoms with E-state index in [1.165, 1.54) is 0 Å². The van der Waals surface area contributed by atoms with Gasteiger partial charge in [0.05, 0.1) is 17.7 Å². The third kappa shape index (κ3) is 2.90. The van der Waals surface area contributed by atoms with Crippen molar-refractivity contribution >= 4 is 24.1 Å². The topological polar surface area (TPSA) is 52.7 Å². The zero-order chi connectivity index (χ0) is 24.5. The lowest BCUT2D eigenvalue weighted by Crippen LogP contribution is -2.65. The predicted octanol–water partition coefficient (Wildman–Crippen LogP) is 5.24. The molecule has 0 saturated heterocycles. The summed E-state index contributed by atoms with van der Waals surface area (Å²) in [6.07, 6.45) is 2.18. The molecule has 0 amide bonds. The minimum absolute atomic E-state index is 0.314. The molecule has 3 aromatic rings. The Hall–Kier alpha value is -4.00. The van der Waals surface area contributed by atoms with Crippen LogP contribution in [0.3, 0.4) is 0 Å². The Labute approximate surface area is 204 Å². The Kier molecular flexibility index (Phi) is 4.62. The molecule has 3 aliphatic rings.